The van der Waals surface area contributed by atoms with E-state index in [4.69, 9.17) is 0 Å². The minimum Gasteiger partial charge on any atom is -0.326 e. The molecule has 1 fully saturated rings. The van der Waals surface area contributed by atoms with Gasteiger partial charge in [-0.3, -0.25) is 4.79 Å². The molecule has 1 aliphatic heterocycles. The largest absolute Gasteiger partial charge is 0.326 e. The molecule has 2 rings (SSSR count). The first kappa shape index (κ1) is 13.1. The predicted octanol–water partition coefficient (Wildman–Crippen LogP) is 1.76. The monoisotopic (exact) mass is 267 g/mol. The van der Waals surface area contributed by atoms with E-state index < -0.39 is 9.84 Å². The number of anilines is 1. The van der Waals surface area contributed by atoms with E-state index in [9.17, 15) is 13.2 Å². The van der Waals surface area contributed by atoms with Gasteiger partial charge in [-0.1, -0.05) is 18.2 Å². The third-order valence-electron chi connectivity index (χ3n) is 3.22. The lowest BCUT2D eigenvalue weighted by atomic mass is 10.0. The molecule has 0 saturated carbocycles. The maximum absolute atomic E-state index is 11.8. The van der Waals surface area contributed by atoms with E-state index in [1.165, 1.54) is 0 Å². The molecule has 4 nitrogen and oxygen atoms in total. The number of rotatable bonds is 3. The Morgan fingerprint density at radius 3 is 2.72 bits per heavy atom. The molecule has 0 spiro atoms. The number of carbonyl (C=O) groups is 1. The van der Waals surface area contributed by atoms with Crippen LogP contribution in [0, 0.1) is 12.8 Å². The number of aryl methyl sites for hydroxylation is 1. The molecule has 1 N–H and O–H groups in total. The first-order valence-corrected chi connectivity index (χ1v) is 7.84. The first-order valence-electron chi connectivity index (χ1n) is 6.02. The summed E-state index contributed by atoms with van der Waals surface area (Å²) in [6.45, 7) is 1.93. The van der Waals surface area contributed by atoms with Crippen LogP contribution in [0.4, 0.5) is 5.69 Å². The summed E-state index contributed by atoms with van der Waals surface area (Å²) >= 11 is 0. The molecule has 98 valence electrons. The molecule has 1 aliphatic rings. The molecule has 0 bridgehead atoms. The molecule has 1 saturated heterocycles. The molecule has 1 heterocycles. The van der Waals surface area contributed by atoms with Gasteiger partial charge < -0.3 is 5.32 Å². The standard InChI is InChI=1S/C13H17NO3S/c1-10-4-2-3-5-12(10)14-13(15)8-11-6-7-18(16,17)9-11/h2-5,11H,6-9H2,1H3,(H,14,15)/t11-/m0/s1. The van der Waals surface area contributed by atoms with Gasteiger partial charge in [0.05, 0.1) is 11.5 Å². The Labute approximate surface area is 107 Å². The van der Waals surface area contributed by atoms with Gasteiger partial charge in [0.2, 0.25) is 5.91 Å². The number of para-hydroxylation sites is 1. The highest BCUT2D eigenvalue weighted by Gasteiger charge is 2.29. The number of benzene rings is 1. The van der Waals surface area contributed by atoms with Gasteiger partial charge in [-0.15, -0.1) is 0 Å². The van der Waals surface area contributed by atoms with Gasteiger partial charge in [-0.25, -0.2) is 8.42 Å². The predicted molar refractivity (Wildman–Crippen MR) is 71.2 cm³/mol. The Bertz CT molecular complexity index is 551. The Balaban J connectivity index is 1.92. The second-order valence-corrected chi connectivity index (χ2v) is 7.07. The minimum atomic E-state index is -2.90. The van der Waals surface area contributed by atoms with Crippen molar-refractivity contribution in [2.24, 2.45) is 5.92 Å². The van der Waals surface area contributed by atoms with Gasteiger partial charge >= 0.3 is 0 Å². The molecule has 1 amide bonds. The van der Waals surface area contributed by atoms with Crippen molar-refractivity contribution in [3.63, 3.8) is 0 Å². The van der Waals surface area contributed by atoms with Crippen molar-refractivity contribution in [1.29, 1.82) is 0 Å². The number of carbonyl (C=O) groups excluding carboxylic acids is 1. The normalized spacial score (nSPS) is 21.7. The summed E-state index contributed by atoms with van der Waals surface area (Å²) in [5.74, 6) is 0.231. The van der Waals surface area contributed by atoms with E-state index in [1.807, 2.05) is 31.2 Å². The fourth-order valence-electron chi connectivity index (χ4n) is 2.21. The van der Waals surface area contributed by atoms with E-state index in [2.05, 4.69) is 5.32 Å². The Hall–Kier alpha value is -1.36. The lowest BCUT2D eigenvalue weighted by molar-refractivity contribution is -0.116. The van der Waals surface area contributed by atoms with Crippen LogP contribution in [-0.4, -0.2) is 25.8 Å². The van der Waals surface area contributed by atoms with Gasteiger partial charge in [-0.2, -0.15) is 0 Å². The molecule has 5 heteroatoms. The third kappa shape index (κ3) is 3.32. The van der Waals surface area contributed by atoms with Gasteiger partial charge in [0.15, 0.2) is 9.84 Å². The highest BCUT2D eigenvalue weighted by atomic mass is 32.2. The zero-order valence-electron chi connectivity index (χ0n) is 10.3. The van der Waals surface area contributed by atoms with Crippen molar-refractivity contribution in [3.8, 4) is 0 Å². The first-order chi connectivity index (χ1) is 8.46. The highest BCUT2D eigenvalue weighted by Crippen LogP contribution is 2.22. The summed E-state index contributed by atoms with van der Waals surface area (Å²) in [4.78, 5) is 11.8. The van der Waals surface area contributed by atoms with Gasteiger partial charge in [-0.05, 0) is 30.9 Å². The molecule has 18 heavy (non-hydrogen) atoms. The molecule has 1 aromatic carbocycles. The van der Waals surface area contributed by atoms with Crippen molar-refractivity contribution in [2.75, 3.05) is 16.8 Å². The summed E-state index contributed by atoms with van der Waals surface area (Å²) in [6, 6.07) is 7.55. The molecular weight excluding hydrogens is 250 g/mol. The van der Waals surface area contributed by atoms with Crippen molar-refractivity contribution in [3.05, 3.63) is 29.8 Å². The smallest absolute Gasteiger partial charge is 0.224 e. The zero-order valence-corrected chi connectivity index (χ0v) is 11.2. The van der Waals surface area contributed by atoms with Crippen LogP contribution in [0.5, 0.6) is 0 Å². The van der Waals surface area contributed by atoms with E-state index in [-0.39, 0.29) is 29.8 Å². The van der Waals surface area contributed by atoms with E-state index in [0.29, 0.717) is 6.42 Å². The average Bonchev–Trinajstić information content (AvgIpc) is 2.61. The van der Waals surface area contributed by atoms with E-state index in [1.54, 1.807) is 0 Å². The van der Waals surface area contributed by atoms with Crippen molar-refractivity contribution in [2.45, 2.75) is 19.8 Å². The quantitative estimate of drug-likeness (QED) is 0.907. The molecule has 1 aromatic rings. The summed E-state index contributed by atoms with van der Waals surface area (Å²) in [7, 11) is -2.90. The molecular formula is C13H17NO3S. The minimum absolute atomic E-state index is 0.0287. The topological polar surface area (TPSA) is 63.2 Å². The Kier molecular flexibility index (Phi) is 3.71. The second kappa shape index (κ2) is 5.10. The molecule has 0 unspecified atom stereocenters. The van der Waals surface area contributed by atoms with Crippen LogP contribution in [-0.2, 0) is 14.6 Å². The zero-order chi connectivity index (χ0) is 13.2. The van der Waals surface area contributed by atoms with Gasteiger partial charge in [0.1, 0.15) is 0 Å². The molecule has 0 aliphatic carbocycles. The fourth-order valence-corrected chi connectivity index (χ4v) is 4.07. The van der Waals surface area contributed by atoms with E-state index >= 15 is 0 Å². The summed E-state index contributed by atoms with van der Waals surface area (Å²) in [6.07, 6.45) is 0.886. The number of hydrogen-bond acceptors (Lipinski definition) is 3. The summed E-state index contributed by atoms with van der Waals surface area (Å²) in [5, 5.41) is 2.83. The van der Waals surface area contributed by atoms with Crippen molar-refractivity contribution in [1.82, 2.24) is 0 Å². The summed E-state index contributed by atoms with van der Waals surface area (Å²) in [5.41, 5.74) is 1.80. The van der Waals surface area contributed by atoms with Crippen LogP contribution in [0.3, 0.4) is 0 Å². The van der Waals surface area contributed by atoms with Crippen LogP contribution in [0.1, 0.15) is 18.4 Å². The number of sulfone groups is 1. The van der Waals surface area contributed by atoms with Crippen molar-refractivity contribution < 1.29 is 13.2 Å². The Morgan fingerprint density at radius 1 is 1.39 bits per heavy atom. The third-order valence-corrected chi connectivity index (χ3v) is 5.06. The van der Waals surface area contributed by atoms with E-state index in [0.717, 1.165) is 11.3 Å². The van der Waals surface area contributed by atoms with Gasteiger partial charge in [0.25, 0.3) is 0 Å². The van der Waals surface area contributed by atoms with Crippen LogP contribution < -0.4 is 5.32 Å². The van der Waals surface area contributed by atoms with Crippen LogP contribution >= 0.6 is 0 Å². The van der Waals surface area contributed by atoms with Crippen LogP contribution in [0.25, 0.3) is 0 Å². The van der Waals surface area contributed by atoms with Gasteiger partial charge in [0, 0.05) is 12.1 Å². The lowest BCUT2D eigenvalue weighted by Gasteiger charge is -2.10. The van der Waals surface area contributed by atoms with Crippen LogP contribution in [0.15, 0.2) is 24.3 Å². The Morgan fingerprint density at radius 2 is 2.11 bits per heavy atom. The number of amides is 1. The SMILES string of the molecule is Cc1ccccc1NC(=O)C[C@@H]1CCS(=O)(=O)C1. The molecule has 1 atom stereocenters. The summed E-state index contributed by atoms with van der Waals surface area (Å²) < 4.78 is 22.6. The maximum atomic E-state index is 11.8. The average molecular weight is 267 g/mol. The molecule has 0 radical (unpaired) electrons. The second-order valence-electron chi connectivity index (χ2n) is 4.84. The van der Waals surface area contributed by atoms with Crippen LogP contribution in [0.2, 0.25) is 0 Å². The number of hydrogen-bond donors (Lipinski definition) is 1. The molecule has 0 aromatic heterocycles. The van der Waals surface area contributed by atoms with Crippen molar-refractivity contribution >= 4 is 21.4 Å². The number of nitrogens with one attached hydrogen (secondary N) is 1. The maximum Gasteiger partial charge on any atom is 0.224 e. The fraction of sp³-hybridized carbons (Fsp3) is 0.462. The lowest BCUT2D eigenvalue weighted by Crippen LogP contribution is -2.17. The highest BCUT2D eigenvalue weighted by molar-refractivity contribution is 7.91.